The van der Waals surface area contributed by atoms with Gasteiger partial charge in [0.1, 0.15) is 0 Å². The Balaban J connectivity index is 2.32. The van der Waals surface area contributed by atoms with Crippen LogP contribution in [0.1, 0.15) is 32.6 Å². The van der Waals surface area contributed by atoms with E-state index in [1.807, 2.05) is 4.90 Å². The summed E-state index contributed by atoms with van der Waals surface area (Å²) in [4.78, 5) is 13.3. The van der Waals surface area contributed by atoms with Crippen LogP contribution in [0.2, 0.25) is 0 Å². The van der Waals surface area contributed by atoms with Crippen molar-refractivity contribution in [3.8, 4) is 0 Å². The predicted molar refractivity (Wildman–Crippen MR) is 53.5 cm³/mol. The van der Waals surface area contributed by atoms with Crippen molar-refractivity contribution in [3.05, 3.63) is 0 Å². The van der Waals surface area contributed by atoms with E-state index in [4.69, 9.17) is 0 Å². The Morgan fingerprint density at radius 2 is 2.25 bits per heavy atom. The summed E-state index contributed by atoms with van der Waals surface area (Å²) in [6, 6.07) is 0.552. The number of carbonyl (C=O) groups excluding carboxylic acids is 1. The van der Waals surface area contributed by atoms with Crippen molar-refractivity contribution in [2.45, 2.75) is 38.6 Å². The molecule has 0 atom stereocenters. The molecule has 0 saturated heterocycles. The SMILES string of the molecule is CCCCN(C(=O)CS)C1CC1. The molecule has 0 unspecified atom stereocenters. The molecule has 0 N–H and O–H groups in total. The lowest BCUT2D eigenvalue weighted by atomic mass is 10.3. The Bertz CT molecular complexity index is 157. The lowest BCUT2D eigenvalue weighted by Crippen LogP contribution is -2.34. The van der Waals surface area contributed by atoms with E-state index in [0.29, 0.717) is 11.8 Å². The number of thiol groups is 1. The topological polar surface area (TPSA) is 20.3 Å². The average molecular weight is 187 g/mol. The first-order valence-corrected chi connectivity index (χ1v) is 5.33. The first-order valence-electron chi connectivity index (χ1n) is 4.70. The molecule has 1 amide bonds. The monoisotopic (exact) mass is 187 g/mol. The fourth-order valence-electron chi connectivity index (χ4n) is 1.32. The smallest absolute Gasteiger partial charge is 0.232 e. The summed E-state index contributed by atoms with van der Waals surface area (Å²) in [6.07, 6.45) is 4.67. The molecule has 0 aromatic carbocycles. The lowest BCUT2D eigenvalue weighted by molar-refractivity contribution is -0.128. The zero-order valence-corrected chi connectivity index (χ0v) is 8.52. The van der Waals surface area contributed by atoms with E-state index in [9.17, 15) is 4.79 Å². The number of nitrogens with zero attached hydrogens (tertiary/aromatic N) is 1. The Hall–Kier alpha value is -0.180. The zero-order valence-electron chi connectivity index (χ0n) is 7.62. The Kier molecular flexibility index (Phi) is 3.92. The van der Waals surface area contributed by atoms with Crippen molar-refractivity contribution in [2.75, 3.05) is 12.3 Å². The van der Waals surface area contributed by atoms with Gasteiger partial charge in [0.25, 0.3) is 0 Å². The van der Waals surface area contributed by atoms with Gasteiger partial charge in [-0.05, 0) is 19.3 Å². The molecule has 1 aliphatic carbocycles. The van der Waals surface area contributed by atoms with E-state index in [1.54, 1.807) is 0 Å². The molecule has 1 rings (SSSR count). The molecule has 1 aliphatic rings. The van der Waals surface area contributed by atoms with Gasteiger partial charge in [-0.3, -0.25) is 4.79 Å². The highest BCUT2D eigenvalue weighted by Gasteiger charge is 2.30. The fourth-order valence-corrected chi connectivity index (χ4v) is 1.50. The maximum atomic E-state index is 11.3. The third-order valence-corrected chi connectivity index (χ3v) is 2.47. The van der Waals surface area contributed by atoms with Gasteiger partial charge in [0.2, 0.25) is 5.91 Å². The van der Waals surface area contributed by atoms with Crippen molar-refractivity contribution < 1.29 is 4.79 Å². The van der Waals surface area contributed by atoms with Crippen molar-refractivity contribution in [1.82, 2.24) is 4.90 Å². The number of hydrogen-bond donors (Lipinski definition) is 1. The number of unbranched alkanes of at least 4 members (excludes halogenated alkanes) is 1. The molecule has 12 heavy (non-hydrogen) atoms. The minimum atomic E-state index is 0.203. The number of rotatable bonds is 5. The third-order valence-electron chi connectivity index (χ3n) is 2.20. The van der Waals surface area contributed by atoms with Crippen LogP contribution in [-0.2, 0) is 4.79 Å². The van der Waals surface area contributed by atoms with Gasteiger partial charge in [-0.1, -0.05) is 13.3 Å². The molecule has 0 aromatic rings. The summed E-state index contributed by atoms with van der Waals surface area (Å²) in [5.74, 6) is 0.564. The van der Waals surface area contributed by atoms with Crippen LogP contribution < -0.4 is 0 Å². The molecule has 0 bridgehead atoms. The maximum absolute atomic E-state index is 11.3. The third kappa shape index (κ3) is 2.70. The first-order chi connectivity index (χ1) is 5.79. The van der Waals surface area contributed by atoms with Crippen molar-refractivity contribution in [3.63, 3.8) is 0 Å². The molecular weight excluding hydrogens is 170 g/mol. The molecule has 2 nitrogen and oxygen atoms in total. The molecule has 0 aliphatic heterocycles. The van der Waals surface area contributed by atoms with Gasteiger partial charge in [0.15, 0.2) is 0 Å². The number of carbonyl (C=O) groups is 1. The minimum absolute atomic E-state index is 0.203. The highest BCUT2D eigenvalue weighted by molar-refractivity contribution is 7.81. The Morgan fingerprint density at radius 1 is 1.58 bits per heavy atom. The van der Waals surface area contributed by atoms with E-state index in [0.717, 1.165) is 19.4 Å². The molecule has 0 spiro atoms. The van der Waals surface area contributed by atoms with Crippen LogP contribution in [0.4, 0.5) is 0 Å². The summed E-state index contributed by atoms with van der Waals surface area (Å²) >= 11 is 4.01. The Labute approximate surface area is 79.7 Å². The van der Waals surface area contributed by atoms with Crippen LogP contribution in [0.5, 0.6) is 0 Å². The van der Waals surface area contributed by atoms with E-state index in [1.165, 1.54) is 12.8 Å². The van der Waals surface area contributed by atoms with Crippen molar-refractivity contribution >= 4 is 18.5 Å². The fraction of sp³-hybridized carbons (Fsp3) is 0.889. The molecule has 0 heterocycles. The largest absolute Gasteiger partial charge is 0.339 e. The second-order valence-corrected chi connectivity index (χ2v) is 3.65. The van der Waals surface area contributed by atoms with Crippen molar-refractivity contribution in [2.24, 2.45) is 0 Å². The van der Waals surface area contributed by atoms with Gasteiger partial charge in [-0.2, -0.15) is 12.6 Å². The average Bonchev–Trinajstić information content (AvgIpc) is 2.88. The molecule has 0 aromatic heterocycles. The van der Waals surface area contributed by atoms with Gasteiger partial charge in [-0.25, -0.2) is 0 Å². The summed E-state index contributed by atoms with van der Waals surface area (Å²) in [5.41, 5.74) is 0. The molecule has 0 radical (unpaired) electrons. The van der Waals surface area contributed by atoms with Crippen LogP contribution in [-0.4, -0.2) is 29.1 Å². The highest BCUT2D eigenvalue weighted by Crippen LogP contribution is 2.27. The van der Waals surface area contributed by atoms with E-state index in [2.05, 4.69) is 19.6 Å². The van der Waals surface area contributed by atoms with E-state index < -0.39 is 0 Å². The normalized spacial score (nSPS) is 16.2. The quantitative estimate of drug-likeness (QED) is 0.650. The van der Waals surface area contributed by atoms with Crippen molar-refractivity contribution in [1.29, 1.82) is 0 Å². The molecular formula is C9H17NOS. The summed E-state index contributed by atoms with van der Waals surface area (Å²) < 4.78 is 0. The molecule has 3 heteroatoms. The van der Waals surface area contributed by atoms with Gasteiger partial charge >= 0.3 is 0 Å². The highest BCUT2D eigenvalue weighted by atomic mass is 32.1. The van der Waals surface area contributed by atoms with Crippen LogP contribution in [0.15, 0.2) is 0 Å². The van der Waals surface area contributed by atoms with Crippen LogP contribution in [0.3, 0.4) is 0 Å². The minimum Gasteiger partial charge on any atom is -0.339 e. The number of amides is 1. The molecule has 70 valence electrons. The van der Waals surface area contributed by atoms with Gasteiger partial charge < -0.3 is 4.90 Å². The van der Waals surface area contributed by atoms with Crippen LogP contribution in [0, 0.1) is 0 Å². The summed E-state index contributed by atoms with van der Waals surface area (Å²) in [7, 11) is 0. The summed E-state index contributed by atoms with van der Waals surface area (Å²) in [5, 5.41) is 0. The predicted octanol–water partition coefficient (Wildman–Crippen LogP) is 1.71. The van der Waals surface area contributed by atoms with Gasteiger partial charge in [0.05, 0.1) is 5.75 Å². The van der Waals surface area contributed by atoms with E-state index in [-0.39, 0.29) is 5.91 Å². The zero-order chi connectivity index (χ0) is 8.97. The molecule has 1 saturated carbocycles. The standard InChI is InChI=1S/C9H17NOS/c1-2-3-6-10(8-4-5-8)9(11)7-12/h8,12H,2-7H2,1H3. The lowest BCUT2D eigenvalue weighted by Gasteiger charge is -2.21. The molecule has 1 fully saturated rings. The van der Waals surface area contributed by atoms with Crippen LogP contribution >= 0.6 is 12.6 Å². The van der Waals surface area contributed by atoms with Crippen LogP contribution in [0.25, 0.3) is 0 Å². The first kappa shape index (κ1) is 9.90. The second kappa shape index (κ2) is 4.75. The maximum Gasteiger partial charge on any atom is 0.232 e. The van der Waals surface area contributed by atoms with Gasteiger partial charge in [-0.15, -0.1) is 0 Å². The Morgan fingerprint density at radius 3 is 2.67 bits per heavy atom. The van der Waals surface area contributed by atoms with Gasteiger partial charge in [0, 0.05) is 12.6 Å². The van der Waals surface area contributed by atoms with E-state index >= 15 is 0 Å². The second-order valence-electron chi connectivity index (χ2n) is 3.33. The summed E-state index contributed by atoms with van der Waals surface area (Å²) in [6.45, 7) is 3.08. The number of hydrogen-bond acceptors (Lipinski definition) is 2.